The van der Waals surface area contributed by atoms with Crippen molar-refractivity contribution in [3.8, 4) is 23.0 Å². The molecule has 0 heterocycles. The number of ether oxygens (including phenoxy) is 4. The average molecular weight is 312 g/mol. The van der Waals surface area contributed by atoms with Crippen molar-refractivity contribution < 1.29 is 18.9 Å². The lowest BCUT2D eigenvalue weighted by molar-refractivity contribution is 0.265. The average Bonchev–Trinajstić information content (AvgIpc) is 2.59. The molecule has 128 valence electrons. The molecule has 0 amide bonds. The zero-order chi connectivity index (χ0) is 16.8. The SMILES string of the molecule is CC.CCCCCCCOc1c(OC)cc(OC)cc1OC. The second kappa shape index (κ2) is 13.1. The maximum atomic E-state index is 5.82. The molecular weight excluding hydrogens is 280 g/mol. The van der Waals surface area contributed by atoms with Crippen LogP contribution in [0.2, 0.25) is 0 Å². The first-order valence-electron chi connectivity index (χ1n) is 8.19. The normalized spacial score (nSPS) is 9.55. The predicted octanol–water partition coefficient (Wildman–Crippen LogP) is 5.09. The molecular formula is C18H32O4. The molecule has 0 saturated carbocycles. The lowest BCUT2D eigenvalue weighted by Gasteiger charge is -2.15. The van der Waals surface area contributed by atoms with Crippen LogP contribution in [-0.4, -0.2) is 27.9 Å². The first kappa shape index (κ1) is 20.4. The van der Waals surface area contributed by atoms with Gasteiger partial charge in [0, 0.05) is 12.1 Å². The van der Waals surface area contributed by atoms with Gasteiger partial charge in [0.15, 0.2) is 11.5 Å². The van der Waals surface area contributed by atoms with Gasteiger partial charge in [-0.05, 0) is 6.42 Å². The second-order valence-electron chi connectivity index (χ2n) is 4.62. The van der Waals surface area contributed by atoms with Crippen LogP contribution in [0.4, 0.5) is 0 Å². The van der Waals surface area contributed by atoms with E-state index in [9.17, 15) is 0 Å². The van der Waals surface area contributed by atoms with E-state index >= 15 is 0 Å². The molecule has 1 aromatic carbocycles. The Hall–Kier alpha value is -1.58. The first-order valence-corrected chi connectivity index (χ1v) is 8.19. The van der Waals surface area contributed by atoms with E-state index in [1.54, 1.807) is 33.5 Å². The van der Waals surface area contributed by atoms with Gasteiger partial charge >= 0.3 is 0 Å². The number of hydrogen-bond acceptors (Lipinski definition) is 4. The van der Waals surface area contributed by atoms with Gasteiger partial charge < -0.3 is 18.9 Å². The monoisotopic (exact) mass is 312 g/mol. The van der Waals surface area contributed by atoms with E-state index in [0.29, 0.717) is 29.6 Å². The molecule has 0 atom stereocenters. The standard InChI is InChI=1S/C16H26O4.C2H6/c1-5-6-7-8-9-10-20-16-14(18-3)11-13(17-2)12-15(16)19-4;1-2/h11-12H,5-10H2,1-4H3;1-2H3. The molecule has 0 spiro atoms. The maximum absolute atomic E-state index is 5.82. The van der Waals surface area contributed by atoms with Crippen LogP contribution in [0.25, 0.3) is 0 Å². The third kappa shape index (κ3) is 6.92. The minimum absolute atomic E-state index is 0.634. The number of methoxy groups -OCH3 is 3. The largest absolute Gasteiger partial charge is 0.496 e. The summed E-state index contributed by atoms with van der Waals surface area (Å²) < 4.78 is 21.7. The van der Waals surface area contributed by atoms with E-state index in [1.807, 2.05) is 13.8 Å². The first-order chi connectivity index (χ1) is 10.8. The van der Waals surface area contributed by atoms with Crippen LogP contribution in [0.5, 0.6) is 23.0 Å². The van der Waals surface area contributed by atoms with Crippen LogP contribution < -0.4 is 18.9 Å². The summed E-state index contributed by atoms with van der Waals surface area (Å²) in [5, 5.41) is 0. The van der Waals surface area contributed by atoms with Gasteiger partial charge in [0.2, 0.25) is 5.75 Å². The van der Waals surface area contributed by atoms with Crippen LogP contribution in [0.1, 0.15) is 52.9 Å². The van der Waals surface area contributed by atoms with Crippen LogP contribution >= 0.6 is 0 Å². The molecule has 22 heavy (non-hydrogen) atoms. The molecule has 0 aliphatic rings. The van der Waals surface area contributed by atoms with E-state index < -0.39 is 0 Å². The third-order valence-electron chi connectivity index (χ3n) is 3.16. The van der Waals surface area contributed by atoms with Crippen molar-refractivity contribution in [2.45, 2.75) is 52.9 Å². The van der Waals surface area contributed by atoms with E-state index in [4.69, 9.17) is 18.9 Å². The Morgan fingerprint density at radius 2 is 1.32 bits per heavy atom. The van der Waals surface area contributed by atoms with Gasteiger partial charge in [0.1, 0.15) is 5.75 Å². The Morgan fingerprint density at radius 1 is 0.773 bits per heavy atom. The fraction of sp³-hybridized carbons (Fsp3) is 0.667. The van der Waals surface area contributed by atoms with Gasteiger partial charge in [-0.2, -0.15) is 0 Å². The number of rotatable bonds is 10. The smallest absolute Gasteiger partial charge is 0.203 e. The summed E-state index contributed by atoms with van der Waals surface area (Å²) in [6.07, 6.45) is 6.03. The van der Waals surface area contributed by atoms with Gasteiger partial charge in [-0.15, -0.1) is 0 Å². The quantitative estimate of drug-likeness (QED) is 0.564. The molecule has 0 aliphatic carbocycles. The fourth-order valence-corrected chi connectivity index (χ4v) is 2.00. The zero-order valence-electron chi connectivity index (χ0n) is 15.0. The summed E-state index contributed by atoms with van der Waals surface area (Å²) >= 11 is 0. The highest BCUT2D eigenvalue weighted by Gasteiger charge is 2.14. The van der Waals surface area contributed by atoms with Crippen molar-refractivity contribution in [3.05, 3.63) is 12.1 Å². The van der Waals surface area contributed by atoms with Gasteiger partial charge in [-0.25, -0.2) is 0 Å². The lowest BCUT2D eigenvalue weighted by atomic mass is 10.2. The molecule has 0 N–H and O–H groups in total. The molecule has 0 fully saturated rings. The maximum Gasteiger partial charge on any atom is 0.203 e. The van der Waals surface area contributed by atoms with Crippen molar-refractivity contribution in [1.82, 2.24) is 0 Å². The van der Waals surface area contributed by atoms with Gasteiger partial charge in [0.05, 0.1) is 27.9 Å². The van der Waals surface area contributed by atoms with Crippen molar-refractivity contribution in [3.63, 3.8) is 0 Å². The molecule has 4 nitrogen and oxygen atoms in total. The molecule has 4 heteroatoms. The summed E-state index contributed by atoms with van der Waals surface area (Å²) in [6, 6.07) is 3.60. The molecule has 0 saturated heterocycles. The highest BCUT2D eigenvalue weighted by atomic mass is 16.5. The van der Waals surface area contributed by atoms with Crippen molar-refractivity contribution in [2.75, 3.05) is 27.9 Å². The Morgan fingerprint density at radius 3 is 1.77 bits per heavy atom. The van der Waals surface area contributed by atoms with Crippen molar-refractivity contribution >= 4 is 0 Å². The molecule has 0 aromatic heterocycles. The summed E-state index contributed by atoms with van der Waals surface area (Å²) in [5.41, 5.74) is 0. The van der Waals surface area contributed by atoms with Gasteiger partial charge in [-0.1, -0.05) is 46.5 Å². The summed E-state index contributed by atoms with van der Waals surface area (Å²) in [5.74, 6) is 2.60. The molecule has 0 aliphatic heterocycles. The van der Waals surface area contributed by atoms with Crippen molar-refractivity contribution in [2.24, 2.45) is 0 Å². The van der Waals surface area contributed by atoms with Gasteiger partial charge in [-0.3, -0.25) is 0 Å². The third-order valence-corrected chi connectivity index (χ3v) is 3.16. The highest BCUT2D eigenvalue weighted by molar-refractivity contribution is 5.55. The number of unbranched alkanes of at least 4 members (excludes halogenated alkanes) is 4. The predicted molar refractivity (Wildman–Crippen MR) is 91.7 cm³/mol. The van der Waals surface area contributed by atoms with Crippen LogP contribution in [-0.2, 0) is 0 Å². The number of hydrogen-bond donors (Lipinski definition) is 0. The molecule has 0 bridgehead atoms. The zero-order valence-corrected chi connectivity index (χ0v) is 15.0. The summed E-state index contributed by atoms with van der Waals surface area (Å²) in [6.45, 7) is 6.88. The fourth-order valence-electron chi connectivity index (χ4n) is 2.00. The molecule has 0 unspecified atom stereocenters. The van der Waals surface area contributed by atoms with E-state index in [0.717, 1.165) is 6.42 Å². The minimum atomic E-state index is 0.634. The lowest BCUT2D eigenvalue weighted by Crippen LogP contribution is -2.02. The molecule has 1 aromatic rings. The topological polar surface area (TPSA) is 36.9 Å². The van der Waals surface area contributed by atoms with E-state index in [2.05, 4.69) is 6.92 Å². The van der Waals surface area contributed by atoms with Crippen LogP contribution in [0.15, 0.2) is 12.1 Å². The summed E-state index contributed by atoms with van der Waals surface area (Å²) in [4.78, 5) is 0. The molecule has 1 rings (SSSR count). The van der Waals surface area contributed by atoms with E-state index in [1.165, 1.54) is 25.7 Å². The van der Waals surface area contributed by atoms with Crippen LogP contribution in [0, 0.1) is 0 Å². The molecule has 0 radical (unpaired) electrons. The Bertz CT molecular complexity index is 366. The Labute approximate surface area is 135 Å². The van der Waals surface area contributed by atoms with Gasteiger partial charge in [0.25, 0.3) is 0 Å². The highest BCUT2D eigenvalue weighted by Crippen LogP contribution is 2.41. The van der Waals surface area contributed by atoms with Crippen LogP contribution in [0.3, 0.4) is 0 Å². The summed E-state index contributed by atoms with van der Waals surface area (Å²) in [7, 11) is 4.84. The Kier molecular flexibility index (Phi) is 12.2. The Balaban J connectivity index is 0.00000211. The minimum Gasteiger partial charge on any atom is -0.496 e. The van der Waals surface area contributed by atoms with Crippen molar-refractivity contribution in [1.29, 1.82) is 0 Å². The second-order valence-corrected chi connectivity index (χ2v) is 4.62. The number of benzene rings is 1. The van der Waals surface area contributed by atoms with E-state index in [-0.39, 0.29) is 0 Å².